The Morgan fingerprint density at radius 3 is 1.80 bits per heavy atom. The molecule has 170 valence electrons. The number of aliphatic hydroxyl groups is 2. The molecule has 0 aromatic heterocycles. The molecular weight excluding hydrogens is 376 g/mol. The molecule has 0 heterocycles. The van der Waals surface area contributed by atoms with E-state index < -0.39 is 6.10 Å². The van der Waals surface area contributed by atoms with Crippen molar-refractivity contribution in [2.75, 3.05) is 13.2 Å². The lowest BCUT2D eigenvalue weighted by Crippen LogP contribution is -2.21. The number of hydrogen-bond acceptors (Lipinski definition) is 4. The van der Waals surface area contributed by atoms with E-state index in [2.05, 4.69) is 67.7 Å². The molecule has 0 amide bonds. The summed E-state index contributed by atoms with van der Waals surface area (Å²) in [5.41, 5.74) is 0. The van der Waals surface area contributed by atoms with Crippen LogP contribution in [0, 0.1) is 0 Å². The highest BCUT2D eigenvalue weighted by atomic mass is 16.5. The van der Waals surface area contributed by atoms with Gasteiger partial charge in [-0.05, 0) is 51.4 Å². The summed E-state index contributed by atoms with van der Waals surface area (Å²) in [6, 6.07) is 0. The van der Waals surface area contributed by atoms with Crippen molar-refractivity contribution in [3.8, 4) is 0 Å². The Morgan fingerprint density at radius 2 is 1.27 bits per heavy atom. The second-order valence-electron chi connectivity index (χ2n) is 7.18. The number of rotatable bonds is 19. The number of ether oxygens (including phenoxy) is 1. The van der Waals surface area contributed by atoms with Gasteiger partial charge in [-0.1, -0.05) is 80.5 Å². The van der Waals surface area contributed by atoms with Crippen molar-refractivity contribution in [2.24, 2.45) is 0 Å². The topological polar surface area (TPSA) is 66.8 Å². The average Bonchev–Trinajstić information content (AvgIpc) is 2.76. The Kier molecular flexibility index (Phi) is 21.9. The standard InChI is InChI=1S/C26H42O4/c1-2-3-4-5-6-7-8-9-10-11-12-13-14-15-16-17-18-19-20-21-22-26(29)30-24-25(28)23-27/h3-4,6-7,9-10,12-13,15-16,25,27-28H,2,5,8,11,14,17-24H2,1H3. The van der Waals surface area contributed by atoms with Crippen molar-refractivity contribution in [1.29, 1.82) is 0 Å². The normalized spacial score (nSPS) is 13.6. The van der Waals surface area contributed by atoms with Crippen molar-refractivity contribution in [3.63, 3.8) is 0 Å². The first-order chi connectivity index (χ1) is 14.7. The number of aliphatic hydroxyl groups excluding tert-OH is 2. The maximum absolute atomic E-state index is 11.4. The van der Waals surface area contributed by atoms with Gasteiger partial charge in [-0.15, -0.1) is 0 Å². The highest BCUT2D eigenvalue weighted by Crippen LogP contribution is 2.07. The first kappa shape index (κ1) is 28.1. The summed E-state index contributed by atoms with van der Waals surface area (Å²) in [4.78, 5) is 11.4. The predicted octanol–water partition coefficient (Wildman–Crippen LogP) is 5.97. The Bertz CT molecular complexity index is 529. The fraction of sp³-hybridized carbons (Fsp3) is 0.577. The van der Waals surface area contributed by atoms with Crippen LogP contribution in [0.25, 0.3) is 0 Å². The summed E-state index contributed by atoms with van der Waals surface area (Å²) < 4.78 is 4.86. The quantitative estimate of drug-likeness (QED) is 0.154. The van der Waals surface area contributed by atoms with Crippen molar-refractivity contribution >= 4 is 5.97 Å². The van der Waals surface area contributed by atoms with Crippen LogP contribution in [-0.4, -0.2) is 35.5 Å². The molecule has 0 spiro atoms. The van der Waals surface area contributed by atoms with Crippen LogP contribution < -0.4 is 0 Å². The van der Waals surface area contributed by atoms with Gasteiger partial charge in [-0.2, -0.15) is 0 Å². The summed E-state index contributed by atoms with van der Waals surface area (Å²) in [7, 11) is 0. The fourth-order valence-corrected chi connectivity index (χ4v) is 2.57. The molecule has 0 aliphatic carbocycles. The Balaban J connectivity index is 3.45. The summed E-state index contributed by atoms with van der Waals surface area (Å²) in [5, 5.41) is 17.7. The molecule has 0 saturated heterocycles. The van der Waals surface area contributed by atoms with E-state index in [1.807, 2.05) is 0 Å². The number of unbranched alkanes of at least 4 members (excludes halogenated alkanes) is 4. The van der Waals surface area contributed by atoms with Crippen LogP contribution in [0.5, 0.6) is 0 Å². The summed E-state index contributed by atoms with van der Waals surface area (Å²) in [6.07, 6.45) is 31.7. The van der Waals surface area contributed by atoms with Crippen LogP contribution in [0.1, 0.15) is 77.6 Å². The molecule has 0 aromatic carbocycles. The Hall–Kier alpha value is -1.91. The number of esters is 1. The minimum atomic E-state index is -0.975. The van der Waals surface area contributed by atoms with Crippen LogP contribution in [0.15, 0.2) is 60.8 Å². The van der Waals surface area contributed by atoms with Gasteiger partial charge in [0, 0.05) is 6.42 Å². The van der Waals surface area contributed by atoms with Crippen molar-refractivity contribution in [2.45, 2.75) is 83.7 Å². The third-order valence-corrected chi connectivity index (χ3v) is 4.31. The molecule has 30 heavy (non-hydrogen) atoms. The van der Waals surface area contributed by atoms with Gasteiger partial charge in [0.15, 0.2) is 0 Å². The van der Waals surface area contributed by atoms with Crippen LogP contribution >= 0.6 is 0 Å². The third-order valence-electron chi connectivity index (χ3n) is 4.31. The van der Waals surface area contributed by atoms with E-state index in [0.717, 1.165) is 64.2 Å². The molecule has 2 N–H and O–H groups in total. The van der Waals surface area contributed by atoms with Crippen LogP contribution in [0.4, 0.5) is 0 Å². The molecular formula is C26H42O4. The lowest BCUT2D eigenvalue weighted by atomic mass is 10.1. The number of hydrogen-bond donors (Lipinski definition) is 2. The minimum absolute atomic E-state index is 0.126. The molecule has 1 unspecified atom stereocenters. The van der Waals surface area contributed by atoms with Gasteiger partial charge in [0.25, 0.3) is 0 Å². The van der Waals surface area contributed by atoms with Gasteiger partial charge < -0.3 is 14.9 Å². The van der Waals surface area contributed by atoms with E-state index in [-0.39, 0.29) is 19.2 Å². The van der Waals surface area contributed by atoms with E-state index in [1.165, 1.54) is 0 Å². The zero-order chi connectivity index (χ0) is 22.1. The Labute approximate surface area is 183 Å². The van der Waals surface area contributed by atoms with E-state index in [9.17, 15) is 4.79 Å². The minimum Gasteiger partial charge on any atom is -0.463 e. The molecule has 1 atom stereocenters. The molecule has 0 saturated carbocycles. The van der Waals surface area contributed by atoms with Crippen molar-refractivity contribution in [1.82, 2.24) is 0 Å². The molecule has 0 radical (unpaired) electrons. The number of carbonyl (C=O) groups excluding carboxylic acids is 1. The number of carbonyl (C=O) groups is 1. The lowest BCUT2D eigenvalue weighted by Gasteiger charge is -2.08. The highest BCUT2D eigenvalue weighted by molar-refractivity contribution is 5.69. The molecule has 4 nitrogen and oxygen atoms in total. The molecule has 4 heteroatoms. The SMILES string of the molecule is CCC=CCC=CCC=CCC=CCC=CCCCCCCC(=O)OCC(O)CO. The largest absolute Gasteiger partial charge is 0.463 e. The maximum Gasteiger partial charge on any atom is 0.305 e. The lowest BCUT2D eigenvalue weighted by molar-refractivity contribution is -0.147. The van der Waals surface area contributed by atoms with Crippen LogP contribution in [-0.2, 0) is 9.53 Å². The molecule has 0 bridgehead atoms. The Morgan fingerprint density at radius 1 is 0.767 bits per heavy atom. The highest BCUT2D eigenvalue weighted by Gasteiger charge is 2.07. The molecule has 0 aromatic rings. The van der Waals surface area contributed by atoms with Gasteiger partial charge in [0.2, 0.25) is 0 Å². The van der Waals surface area contributed by atoms with E-state index in [4.69, 9.17) is 14.9 Å². The van der Waals surface area contributed by atoms with E-state index in [1.54, 1.807) is 0 Å². The molecule has 0 aliphatic rings. The van der Waals surface area contributed by atoms with Gasteiger partial charge in [0.1, 0.15) is 12.7 Å². The fourth-order valence-electron chi connectivity index (χ4n) is 2.57. The molecule has 0 aliphatic heterocycles. The maximum atomic E-state index is 11.4. The van der Waals surface area contributed by atoms with Crippen LogP contribution in [0.2, 0.25) is 0 Å². The van der Waals surface area contributed by atoms with Crippen molar-refractivity contribution in [3.05, 3.63) is 60.8 Å². The van der Waals surface area contributed by atoms with E-state index in [0.29, 0.717) is 6.42 Å². The van der Waals surface area contributed by atoms with E-state index >= 15 is 0 Å². The monoisotopic (exact) mass is 418 g/mol. The second kappa shape index (κ2) is 23.4. The summed E-state index contributed by atoms with van der Waals surface area (Å²) >= 11 is 0. The van der Waals surface area contributed by atoms with Crippen molar-refractivity contribution < 1.29 is 19.7 Å². The average molecular weight is 419 g/mol. The van der Waals surface area contributed by atoms with Crippen LogP contribution in [0.3, 0.4) is 0 Å². The zero-order valence-corrected chi connectivity index (χ0v) is 18.8. The predicted molar refractivity (Wildman–Crippen MR) is 126 cm³/mol. The van der Waals surface area contributed by atoms with Gasteiger partial charge in [-0.3, -0.25) is 4.79 Å². The van der Waals surface area contributed by atoms with Gasteiger partial charge in [-0.25, -0.2) is 0 Å². The zero-order valence-electron chi connectivity index (χ0n) is 18.8. The summed E-state index contributed by atoms with van der Waals surface area (Å²) in [6.45, 7) is 1.64. The molecule has 0 rings (SSSR count). The first-order valence-corrected chi connectivity index (χ1v) is 11.4. The third kappa shape index (κ3) is 22.4. The smallest absolute Gasteiger partial charge is 0.305 e. The number of allylic oxidation sites excluding steroid dienone is 10. The summed E-state index contributed by atoms with van der Waals surface area (Å²) in [5.74, 6) is -0.305. The van der Waals surface area contributed by atoms with Gasteiger partial charge >= 0.3 is 5.97 Å². The molecule has 0 fully saturated rings. The van der Waals surface area contributed by atoms with Gasteiger partial charge in [0.05, 0.1) is 6.61 Å². The first-order valence-electron chi connectivity index (χ1n) is 11.4. The second-order valence-corrected chi connectivity index (χ2v) is 7.18.